The van der Waals surface area contributed by atoms with Gasteiger partial charge < -0.3 is 14.4 Å². The van der Waals surface area contributed by atoms with Crippen LogP contribution in [0.3, 0.4) is 0 Å². The Labute approximate surface area is 185 Å². The Morgan fingerprint density at radius 2 is 1.68 bits per heavy atom. The molecule has 2 aliphatic heterocycles. The summed E-state index contributed by atoms with van der Waals surface area (Å²) in [5, 5.41) is 0. The fourth-order valence-corrected chi connectivity index (χ4v) is 4.69. The fourth-order valence-electron chi connectivity index (χ4n) is 4.69. The Balaban J connectivity index is 1.35. The zero-order valence-electron chi connectivity index (χ0n) is 19.1. The number of methoxy groups -OCH3 is 2. The first-order valence-corrected chi connectivity index (χ1v) is 11.1. The van der Waals surface area contributed by atoms with Crippen LogP contribution in [0.25, 0.3) is 0 Å². The molecule has 2 aromatic carbocycles. The summed E-state index contributed by atoms with van der Waals surface area (Å²) in [7, 11) is 3.34. The maximum atomic E-state index is 13.2. The molecule has 2 aromatic rings. The molecule has 1 saturated heterocycles. The average Bonchev–Trinajstić information content (AvgIpc) is 3.23. The maximum Gasteiger partial charge on any atom is 0.244 e. The minimum absolute atomic E-state index is 0.101. The number of piperazine rings is 1. The minimum atomic E-state index is -0.101. The van der Waals surface area contributed by atoms with Crippen LogP contribution in [0.15, 0.2) is 36.4 Å². The van der Waals surface area contributed by atoms with Crippen LogP contribution in [0.4, 0.5) is 5.69 Å². The number of nitrogens with zero attached hydrogens (tertiary/aromatic N) is 3. The third kappa shape index (κ3) is 4.41. The number of carbonyl (C=O) groups is 1. The van der Waals surface area contributed by atoms with Crippen LogP contribution >= 0.6 is 0 Å². The Hall–Kier alpha value is -2.57. The molecule has 2 heterocycles. The zero-order valence-corrected chi connectivity index (χ0v) is 19.1. The average molecular weight is 424 g/mol. The van der Waals surface area contributed by atoms with Crippen molar-refractivity contribution in [3.63, 3.8) is 0 Å². The Morgan fingerprint density at radius 3 is 2.39 bits per heavy atom. The lowest BCUT2D eigenvalue weighted by molar-refractivity contribution is -0.123. The summed E-state index contributed by atoms with van der Waals surface area (Å²) in [6.45, 7) is 9.52. The lowest BCUT2D eigenvalue weighted by atomic mass is 10.1. The van der Waals surface area contributed by atoms with E-state index in [1.165, 1.54) is 16.7 Å². The van der Waals surface area contributed by atoms with Gasteiger partial charge in [0.2, 0.25) is 5.91 Å². The van der Waals surface area contributed by atoms with Gasteiger partial charge in [0.15, 0.2) is 11.5 Å². The molecule has 31 heavy (non-hydrogen) atoms. The second-order valence-electron chi connectivity index (χ2n) is 8.49. The quantitative estimate of drug-likeness (QED) is 0.715. The van der Waals surface area contributed by atoms with E-state index in [4.69, 9.17) is 9.47 Å². The summed E-state index contributed by atoms with van der Waals surface area (Å²) in [5.74, 6) is 1.75. The van der Waals surface area contributed by atoms with Gasteiger partial charge >= 0.3 is 0 Å². The maximum absolute atomic E-state index is 13.2. The van der Waals surface area contributed by atoms with E-state index < -0.39 is 0 Å². The molecule has 0 aliphatic carbocycles. The molecule has 1 atom stereocenters. The summed E-state index contributed by atoms with van der Waals surface area (Å²) < 4.78 is 10.9. The number of anilines is 1. The third-order valence-corrected chi connectivity index (χ3v) is 6.70. The van der Waals surface area contributed by atoms with Gasteiger partial charge in [0.05, 0.1) is 20.3 Å². The Kier molecular flexibility index (Phi) is 6.49. The van der Waals surface area contributed by atoms with Gasteiger partial charge in [-0.25, -0.2) is 0 Å². The number of aryl methyl sites for hydroxylation is 1. The van der Waals surface area contributed by atoms with E-state index in [2.05, 4.69) is 47.9 Å². The monoisotopic (exact) mass is 423 g/mol. The molecule has 1 fully saturated rings. The van der Waals surface area contributed by atoms with Crippen LogP contribution in [-0.2, 0) is 17.8 Å². The van der Waals surface area contributed by atoms with E-state index in [-0.39, 0.29) is 11.9 Å². The first-order chi connectivity index (χ1) is 15.0. The number of ether oxygens (including phenoxy) is 2. The fraction of sp³-hybridized carbons (Fsp3) is 0.480. The normalized spacial score (nSPS) is 18.0. The van der Waals surface area contributed by atoms with E-state index in [9.17, 15) is 4.79 Å². The standard InChI is InChI=1S/C25H33N3O3/c1-18-15-23(30-3)24(31-4)16-21(18)17-26-11-13-27(14-12-26)19(2)25(29)28-10-9-20-7-5-6-8-22(20)28/h5-8,15-16,19H,9-14,17H2,1-4H3/t19-/m0/s1. The van der Waals surface area contributed by atoms with Crippen molar-refractivity contribution in [3.05, 3.63) is 53.1 Å². The van der Waals surface area contributed by atoms with Crippen molar-refractivity contribution in [1.82, 2.24) is 9.80 Å². The molecular weight excluding hydrogens is 390 g/mol. The highest BCUT2D eigenvalue weighted by Gasteiger charge is 2.32. The van der Waals surface area contributed by atoms with Crippen LogP contribution in [0.1, 0.15) is 23.6 Å². The second kappa shape index (κ2) is 9.28. The van der Waals surface area contributed by atoms with Gasteiger partial charge in [-0.1, -0.05) is 18.2 Å². The van der Waals surface area contributed by atoms with Crippen molar-refractivity contribution in [2.45, 2.75) is 32.9 Å². The molecule has 0 radical (unpaired) electrons. The predicted octanol–water partition coefficient (Wildman–Crippen LogP) is 3.11. The van der Waals surface area contributed by atoms with E-state index in [0.717, 1.165) is 62.9 Å². The van der Waals surface area contributed by atoms with E-state index in [1.807, 2.05) is 17.0 Å². The zero-order chi connectivity index (χ0) is 22.0. The van der Waals surface area contributed by atoms with Gasteiger partial charge in [-0.05, 0) is 55.2 Å². The molecule has 0 saturated carbocycles. The van der Waals surface area contributed by atoms with Gasteiger partial charge in [-0.15, -0.1) is 0 Å². The molecule has 0 unspecified atom stereocenters. The first kappa shape index (κ1) is 21.7. The molecule has 166 valence electrons. The van der Waals surface area contributed by atoms with Crippen molar-refractivity contribution < 1.29 is 14.3 Å². The summed E-state index contributed by atoms with van der Waals surface area (Å²) in [5.41, 5.74) is 4.82. The molecule has 2 aliphatic rings. The number of carbonyl (C=O) groups excluding carboxylic acids is 1. The van der Waals surface area contributed by atoms with Crippen molar-refractivity contribution >= 4 is 11.6 Å². The molecule has 0 aromatic heterocycles. The van der Waals surface area contributed by atoms with Crippen LogP contribution < -0.4 is 14.4 Å². The summed E-state index contributed by atoms with van der Waals surface area (Å²) in [4.78, 5) is 19.9. The number of fused-ring (bicyclic) bond motifs is 1. The number of amides is 1. The van der Waals surface area contributed by atoms with Gasteiger partial charge in [0.1, 0.15) is 0 Å². The molecule has 0 bridgehead atoms. The highest BCUT2D eigenvalue weighted by molar-refractivity contribution is 5.98. The van der Waals surface area contributed by atoms with E-state index in [0.29, 0.717) is 0 Å². The van der Waals surface area contributed by atoms with Gasteiger partial charge in [-0.2, -0.15) is 0 Å². The molecule has 6 nitrogen and oxygen atoms in total. The van der Waals surface area contributed by atoms with Crippen LogP contribution in [0.5, 0.6) is 11.5 Å². The molecule has 0 spiro atoms. The number of hydrogen-bond donors (Lipinski definition) is 0. The van der Waals surface area contributed by atoms with Crippen molar-refractivity contribution in [2.75, 3.05) is 51.8 Å². The highest BCUT2D eigenvalue weighted by atomic mass is 16.5. The van der Waals surface area contributed by atoms with Crippen molar-refractivity contribution in [3.8, 4) is 11.5 Å². The molecule has 6 heteroatoms. The summed E-state index contributed by atoms with van der Waals surface area (Å²) in [6, 6.07) is 12.3. The second-order valence-corrected chi connectivity index (χ2v) is 8.49. The van der Waals surface area contributed by atoms with E-state index >= 15 is 0 Å². The number of hydrogen-bond acceptors (Lipinski definition) is 5. The molecule has 1 amide bonds. The number of para-hydroxylation sites is 1. The lowest BCUT2D eigenvalue weighted by Crippen LogP contribution is -2.54. The van der Waals surface area contributed by atoms with Crippen LogP contribution in [0.2, 0.25) is 0 Å². The van der Waals surface area contributed by atoms with Gasteiger partial charge in [0, 0.05) is 45.0 Å². The smallest absolute Gasteiger partial charge is 0.244 e. The van der Waals surface area contributed by atoms with Crippen LogP contribution in [0, 0.1) is 6.92 Å². The molecule has 0 N–H and O–H groups in total. The SMILES string of the molecule is COc1cc(C)c(CN2CCN([C@@H](C)C(=O)N3CCc4ccccc43)CC2)cc1OC. The third-order valence-electron chi connectivity index (χ3n) is 6.70. The first-order valence-electron chi connectivity index (χ1n) is 11.1. The minimum Gasteiger partial charge on any atom is -0.493 e. The van der Waals surface area contributed by atoms with Gasteiger partial charge in [0.25, 0.3) is 0 Å². The predicted molar refractivity (Wildman–Crippen MR) is 123 cm³/mol. The highest BCUT2D eigenvalue weighted by Crippen LogP contribution is 2.31. The lowest BCUT2D eigenvalue weighted by Gasteiger charge is -2.38. The Bertz CT molecular complexity index is 938. The van der Waals surface area contributed by atoms with Crippen LogP contribution in [-0.4, -0.2) is 68.7 Å². The largest absolute Gasteiger partial charge is 0.493 e. The van der Waals surface area contributed by atoms with E-state index in [1.54, 1.807) is 14.2 Å². The Morgan fingerprint density at radius 1 is 1.00 bits per heavy atom. The number of rotatable bonds is 6. The van der Waals surface area contributed by atoms with Crippen molar-refractivity contribution in [2.24, 2.45) is 0 Å². The summed E-state index contributed by atoms with van der Waals surface area (Å²) in [6.07, 6.45) is 0.951. The topological polar surface area (TPSA) is 45.2 Å². The molecular formula is C25H33N3O3. The number of benzene rings is 2. The van der Waals surface area contributed by atoms with Crippen molar-refractivity contribution in [1.29, 1.82) is 0 Å². The summed E-state index contributed by atoms with van der Waals surface area (Å²) >= 11 is 0. The van der Waals surface area contributed by atoms with Gasteiger partial charge in [-0.3, -0.25) is 14.6 Å². The molecule has 4 rings (SSSR count).